The molecule has 0 bridgehead atoms. The summed E-state index contributed by atoms with van der Waals surface area (Å²) < 4.78 is 19.4. The lowest BCUT2D eigenvalue weighted by molar-refractivity contribution is 0.0983. The van der Waals surface area contributed by atoms with E-state index in [4.69, 9.17) is 4.74 Å². The predicted molar refractivity (Wildman–Crippen MR) is 71.9 cm³/mol. The average Bonchev–Trinajstić information content (AvgIpc) is 2.13. The van der Waals surface area contributed by atoms with Gasteiger partial charge in [0, 0.05) is 15.6 Å². The van der Waals surface area contributed by atoms with Gasteiger partial charge in [0.2, 0.25) is 0 Å². The zero-order valence-corrected chi connectivity index (χ0v) is 12.5. The first-order valence-electron chi connectivity index (χ1n) is 5.63. The molecule has 0 radical (unpaired) electrons. The molecule has 0 aliphatic rings. The van der Waals surface area contributed by atoms with Crippen LogP contribution in [0.5, 0.6) is 0 Å². The fraction of sp³-hybridized carbons (Fsp3) is 0.462. The van der Waals surface area contributed by atoms with Crippen LogP contribution in [0.25, 0.3) is 0 Å². The molecule has 0 aliphatic carbocycles. The molecular weight excluding hydrogens is 301 g/mol. The standard InChI is InChI=1S/C13H17BrFNO2/c1-8(18-12(17)16-13(2,3)4)10-6-5-9(14)7-11(10)15/h5-8H,1-4H3,(H,16,17)/t8-/m1/s1. The van der Waals surface area contributed by atoms with E-state index in [9.17, 15) is 9.18 Å². The Morgan fingerprint density at radius 1 is 1.44 bits per heavy atom. The fourth-order valence-corrected chi connectivity index (χ4v) is 1.72. The Labute approximate surface area is 115 Å². The highest BCUT2D eigenvalue weighted by Gasteiger charge is 2.19. The second-order valence-electron chi connectivity index (χ2n) is 5.09. The number of carbonyl (C=O) groups is 1. The van der Waals surface area contributed by atoms with Crippen molar-refractivity contribution in [2.24, 2.45) is 0 Å². The Hall–Kier alpha value is -1.10. The first-order valence-corrected chi connectivity index (χ1v) is 6.42. The molecule has 0 heterocycles. The molecule has 0 aliphatic heterocycles. The average molecular weight is 318 g/mol. The Kier molecular flexibility index (Phi) is 4.73. The van der Waals surface area contributed by atoms with Gasteiger partial charge in [-0.15, -0.1) is 0 Å². The van der Waals surface area contributed by atoms with Gasteiger partial charge in [-0.2, -0.15) is 0 Å². The van der Waals surface area contributed by atoms with Crippen LogP contribution in [0.15, 0.2) is 22.7 Å². The van der Waals surface area contributed by atoms with Gasteiger partial charge in [0.1, 0.15) is 11.9 Å². The summed E-state index contributed by atoms with van der Waals surface area (Å²) in [6, 6.07) is 4.64. The molecule has 1 aromatic carbocycles. The number of nitrogens with one attached hydrogen (secondary N) is 1. The van der Waals surface area contributed by atoms with Crippen LogP contribution in [0, 0.1) is 5.82 Å². The Balaban J connectivity index is 2.71. The van der Waals surface area contributed by atoms with Gasteiger partial charge >= 0.3 is 6.09 Å². The molecule has 18 heavy (non-hydrogen) atoms. The van der Waals surface area contributed by atoms with Crippen molar-refractivity contribution in [3.05, 3.63) is 34.1 Å². The summed E-state index contributed by atoms with van der Waals surface area (Å²) in [6.45, 7) is 7.17. The Morgan fingerprint density at radius 3 is 2.56 bits per heavy atom. The lowest BCUT2D eigenvalue weighted by Crippen LogP contribution is -2.41. The lowest BCUT2D eigenvalue weighted by Gasteiger charge is -2.22. The first-order chi connectivity index (χ1) is 8.19. The van der Waals surface area contributed by atoms with Crippen LogP contribution in [0.4, 0.5) is 9.18 Å². The van der Waals surface area contributed by atoms with Crippen molar-refractivity contribution in [3.63, 3.8) is 0 Å². The van der Waals surface area contributed by atoms with Crippen molar-refractivity contribution in [3.8, 4) is 0 Å². The SMILES string of the molecule is C[C@@H](OC(=O)NC(C)(C)C)c1ccc(Br)cc1F. The number of benzene rings is 1. The molecule has 100 valence electrons. The maximum atomic E-state index is 13.6. The molecule has 3 nitrogen and oxygen atoms in total. The topological polar surface area (TPSA) is 38.3 Å². The molecule has 0 unspecified atom stereocenters. The summed E-state index contributed by atoms with van der Waals surface area (Å²) in [5.41, 5.74) is -0.0306. The van der Waals surface area contributed by atoms with Crippen LogP contribution in [-0.2, 0) is 4.74 Å². The van der Waals surface area contributed by atoms with E-state index in [0.717, 1.165) is 0 Å². The summed E-state index contributed by atoms with van der Waals surface area (Å²) in [7, 11) is 0. The number of hydrogen-bond donors (Lipinski definition) is 1. The number of hydrogen-bond acceptors (Lipinski definition) is 2. The van der Waals surface area contributed by atoms with Crippen LogP contribution in [-0.4, -0.2) is 11.6 Å². The Morgan fingerprint density at radius 2 is 2.06 bits per heavy atom. The largest absolute Gasteiger partial charge is 0.442 e. The molecule has 1 atom stereocenters. The van der Waals surface area contributed by atoms with Gasteiger partial charge < -0.3 is 10.1 Å². The molecule has 0 fully saturated rings. The summed E-state index contributed by atoms with van der Waals surface area (Å²) in [6.07, 6.45) is -1.20. The lowest BCUT2D eigenvalue weighted by atomic mass is 10.1. The number of rotatable bonds is 2. The molecule has 1 aromatic rings. The second kappa shape index (κ2) is 5.69. The van der Waals surface area contributed by atoms with Crippen LogP contribution >= 0.6 is 15.9 Å². The van der Waals surface area contributed by atoms with Crippen molar-refractivity contribution >= 4 is 22.0 Å². The van der Waals surface area contributed by atoms with E-state index in [1.54, 1.807) is 19.1 Å². The monoisotopic (exact) mass is 317 g/mol. The molecule has 1 amide bonds. The van der Waals surface area contributed by atoms with Crippen molar-refractivity contribution < 1.29 is 13.9 Å². The maximum absolute atomic E-state index is 13.6. The highest BCUT2D eigenvalue weighted by Crippen LogP contribution is 2.23. The minimum absolute atomic E-state index is 0.349. The normalized spacial score (nSPS) is 13.0. The van der Waals surface area contributed by atoms with Crippen LogP contribution in [0.3, 0.4) is 0 Å². The molecule has 0 saturated carbocycles. The number of amides is 1. The Bertz CT molecular complexity index is 443. The van der Waals surface area contributed by atoms with E-state index in [1.165, 1.54) is 6.07 Å². The van der Waals surface area contributed by atoms with Crippen molar-refractivity contribution in [1.82, 2.24) is 5.32 Å². The first kappa shape index (κ1) is 15.0. The van der Waals surface area contributed by atoms with Gasteiger partial charge in [0.25, 0.3) is 0 Å². The highest BCUT2D eigenvalue weighted by atomic mass is 79.9. The summed E-state index contributed by atoms with van der Waals surface area (Å²) in [5.74, 6) is -0.402. The van der Waals surface area contributed by atoms with Gasteiger partial charge in [0.15, 0.2) is 0 Å². The van der Waals surface area contributed by atoms with Crippen molar-refractivity contribution in [2.45, 2.75) is 39.3 Å². The van der Waals surface area contributed by atoms with Crippen molar-refractivity contribution in [2.75, 3.05) is 0 Å². The summed E-state index contributed by atoms with van der Waals surface area (Å²) >= 11 is 3.18. The summed E-state index contributed by atoms with van der Waals surface area (Å²) in [5, 5.41) is 2.66. The number of ether oxygens (including phenoxy) is 1. The third kappa shape index (κ3) is 4.64. The highest BCUT2D eigenvalue weighted by molar-refractivity contribution is 9.10. The smallest absolute Gasteiger partial charge is 0.408 e. The van der Waals surface area contributed by atoms with E-state index in [-0.39, 0.29) is 5.54 Å². The molecule has 1 N–H and O–H groups in total. The van der Waals surface area contributed by atoms with E-state index >= 15 is 0 Å². The fourth-order valence-electron chi connectivity index (χ4n) is 1.39. The van der Waals surface area contributed by atoms with E-state index in [1.807, 2.05) is 20.8 Å². The van der Waals surface area contributed by atoms with Gasteiger partial charge in [-0.1, -0.05) is 22.0 Å². The van der Waals surface area contributed by atoms with Crippen LogP contribution < -0.4 is 5.32 Å². The third-order valence-corrected chi connectivity index (χ3v) is 2.65. The van der Waals surface area contributed by atoms with Crippen molar-refractivity contribution in [1.29, 1.82) is 0 Å². The van der Waals surface area contributed by atoms with Crippen LogP contribution in [0.1, 0.15) is 39.4 Å². The van der Waals surface area contributed by atoms with Gasteiger partial charge in [-0.05, 0) is 39.8 Å². The van der Waals surface area contributed by atoms with E-state index in [2.05, 4.69) is 21.2 Å². The number of halogens is 2. The third-order valence-electron chi connectivity index (χ3n) is 2.16. The maximum Gasteiger partial charge on any atom is 0.408 e. The van der Waals surface area contributed by atoms with E-state index in [0.29, 0.717) is 10.0 Å². The minimum Gasteiger partial charge on any atom is -0.442 e. The minimum atomic E-state index is -0.638. The molecule has 0 saturated heterocycles. The predicted octanol–water partition coefficient (Wildman–Crippen LogP) is 4.17. The molecule has 0 spiro atoms. The van der Waals surface area contributed by atoms with E-state index < -0.39 is 18.0 Å². The molecule has 1 rings (SSSR count). The number of alkyl carbamates (subject to hydrolysis) is 1. The zero-order chi connectivity index (χ0) is 13.9. The summed E-state index contributed by atoms with van der Waals surface area (Å²) in [4.78, 5) is 11.6. The van der Waals surface area contributed by atoms with Crippen LogP contribution in [0.2, 0.25) is 0 Å². The zero-order valence-electron chi connectivity index (χ0n) is 10.9. The van der Waals surface area contributed by atoms with Gasteiger partial charge in [-0.3, -0.25) is 0 Å². The van der Waals surface area contributed by atoms with Gasteiger partial charge in [0.05, 0.1) is 0 Å². The quantitative estimate of drug-likeness (QED) is 0.888. The second-order valence-corrected chi connectivity index (χ2v) is 6.00. The van der Waals surface area contributed by atoms with Gasteiger partial charge in [-0.25, -0.2) is 9.18 Å². The molecule has 5 heteroatoms. The number of carbonyl (C=O) groups excluding carboxylic acids is 1. The molecule has 0 aromatic heterocycles. The molecular formula is C13H17BrFNO2.